The number of hydrogen-bond donors (Lipinski definition) is 0. The second-order valence-electron chi connectivity index (χ2n) is 3.03. The molecule has 0 aliphatic heterocycles. The normalized spacial score (nSPS) is 9.71. The predicted octanol–water partition coefficient (Wildman–Crippen LogP) is 3.25. The Kier molecular flexibility index (Phi) is 12.7. The van der Waals surface area contributed by atoms with E-state index in [1.165, 1.54) is 6.42 Å². The SMILES string of the molecule is C=CC(=C)C=NC=CN(C)C.CCC. The van der Waals surface area contributed by atoms with Crippen molar-refractivity contribution in [3.05, 3.63) is 37.2 Å². The third-order valence-electron chi connectivity index (χ3n) is 0.953. The number of nitrogens with zero attached hydrogens (tertiary/aromatic N) is 2. The van der Waals surface area contributed by atoms with Gasteiger partial charge >= 0.3 is 0 Å². The fourth-order valence-corrected chi connectivity index (χ4v) is 0.363. The van der Waals surface area contributed by atoms with Crippen LogP contribution in [0.5, 0.6) is 0 Å². The van der Waals surface area contributed by atoms with Crippen LogP contribution in [0.1, 0.15) is 20.3 Å². The van der Waals surface area contributed by atoms with Gasteiger partial charge in [-0.3, -0.25) is 4.99 Å². The summed E-state index contributed by atoms with van der Waals surface area (Å²) in [6.45, 7) is 11.5. The summed E-state index contributed by atoms with van der Waals surface area (Å²) in [6, 6.07) is 0. The summed E-state index contributed by atoms with van der Waals surface area (Å²) < 4.78 is 0. The van der Waals surface area contributed by atoms with Crippen molar-refractivity contribution in [3.63, 3.8) is 0 Å². The Hall–Kier alpha value is -1.31. The Balaban J connectivity index is 0. The Morgan fingerprint density at radius 1 is 1.36 bits per heavy atom. The molecule has 0 bridgehead atoms. The lowest BCUT2D eigenvalue weighted by atomic mass is 10.3. The number of hydrogen-bond acceptors (Lipinski definition) is 2. The van der Waals surface area contributed by atoms with Crippen molar-refractivity contribution in [2.24, 2.45) is 4.99 Å². The number of rotatable bonds is 4. The minimum Gasteiger partial charge on any atom is -0.382 e. The first-order valence-corrected chi connectivity index (χ1v) is 4.76. The standard InChI is InChI=1S/C9H14N2.C3H8/c1-5-9(2)8-10-6-7-11(3)4;1-3-2/h5-8H,1-2H2,3-4H3;3H2,1-2H3. The van der Waals surface area contributed by atoms with Gasteiger partial charge in [-0.25, -0.2) is 0 Å². The van der Waals surface area contributed by atoms with Gasteiger partial charge in [-0.05, 0) is 5.57 Å². The highest BCUT2D eigenvalue weighted by atomic mass is 15.0. The lowest BCUT2D eigenvalue weighted by molar-refractivity contribution is 0.562. The molecule has 0 saturated carbocycles. The zero-order valence-corrected chi connectivity index (χ0v) is 9.83. The van der Waals surface area contributed by atoms with Gasteiger partial charge in [0.05, 0.1) is 0 Å². The molecule has 0 amide bonds. The van der Waals surface area contributed by atoms with Crippen LogP contribution in [-0.2, 0) is 0 Å². The summed E-state index contributed by atoms with van der Waals surface area (Å²) in [7, 11) is 3.88. The van der Waals surface area contributed by atoms with Gasteiger partial charge in [0.15, 0.2) is 0 Å². The molecule has 0 atom stereocenters. The van der Waals surface area contributed by atoms with Crippen LogP contribution in [0, 0.1) is 0 Å². The van der Waals surface area contributed by atoms with Crippen LogP contribution in [0.3, 0.4) is 0 Å². The van der Waals surface area contributed by atoms with Crippen molar-refractivity contribution in [2.45, 2.75) is 20.3 Å². The average molecular weight is 194 g/mol. The summed E-state index contributed by atoms with van der Waals surface area (Å²) in [6.07, 6.45) is 8.13. The van der Waals surface area contributed by atoms with Crippen LogP contribution < -0.4 is 0 Å². The van der Waals surface area contributed by atoms with Crippen LogP contribution in [0.25, 0.3) is 0 Å². The molecule has 14 heavy (non-hydrogen) atoms. The number of aliphatic imine (C=N–C) groups is 1. The maximum atomic E-state index is 3.96. The Labute approximate surface area is 88.3 Å². The Morgan fingerprint density at radius 3 is 2.21 bits per heavy atom. The molecule has 0 heterocycles. The van der Waals surface area contributed by atoms with E-state index in [1.54, 1.807) is 18.5 Å². The Bertz CT molecular complexity index is 200. The third kappa shape index (κ3) is 17.0. The largest absolute Gasteiger partial charge is 0.382 e. The van der Waals surface area contributed by atoms with Gasteiger partial charge in [-0.1, -0.05) is 39.5 Å². The maximum Gasteiger partial charge on any atom is 0.0426 e. The van der Waals surface area contributed by atoms with E-state index in [0.717, 1.165) is 5.57 Å². The summed E-state index contributed by atoms with van der Waals surface area (Å²) >= 11 is 0. The van der Waals surface area contributed by atoms with Crippen molar-refractivity contribution in [2.75, 3.05) is 14.1 Å². The molecule has 0 unspecified atom stereocenters. The first-order valence-electron chi connectivity index (χ1n) is 4.76. The van der Waals surface area contributed by atoms with Gasteiger partial charge in [0.25, 0.3) is 0 Å². The summed E-state index contributed by atoms with van der Waals surface area (Å²) in [4.78, 5) is 5.87. The van der Waals surface area contributed by atoms with Crippen LogP contribution in [0.2, 0.25) is 0 Å². The second-order valence-corrected chi connectivity index (χ2v) is 3.03. The van der Waals surface area contributed by atoms with E-state index in [0.29, 0.717) is 0 Å². The zero-order chi connectivity index (χ0) is 11.4. The monoisotopic (exact) mass is 194 g/mol. The van der Waals surface area contributed by atoms with Crippen LogP contribution in [-0.4, -0.2) is 25.2 Å². The van der Waals surface area contributed by atoms with Crippen molar-refractivity contribution in [1.29, 1.82) is 0 Å². The molecule has 0 spiro atoms. The first-order chi connectivity index (χ1) is 6.58. The van der Waals surface area contributed by atoms with Gasteiger partial charge in [0, 0.05) is 32.7 Å². The van der Waals surface area contributed by atoms with Crippen molar-refractivity contribution in [3.8, 4) is 0 Å². The highest BCUT2D eigenvalue weighted by Crippen LogP contribution is 1.85. The summed E-state index contributed by atoms with van der Waals surface area (Å²) in [5, 5.41) is 0. The van der Waals surface area contributed by atoms with E-state index in [2.05, 4.69) is 32.0 Å². The summed E-state index contributed by atoms with van der Waals surface area (Å²) in [5.74, 6) is 0. The fraction of sp³-hybridized carbons (Fsp3) is 0.417. The molecule has 0 radical (unpaired) electrons. The van der Waals surface area contributed by atoms with E-state index in [9.17, 15) is 0 Å². The van der Waals surface area contributed by atoms with Gasteiger partial charge < -0.3 is 4.90 Å². The molecule has 80 valence electrons. The van der Waals surface area contributed by atoms with Gasteiger partial charge in [0.2, 0.25) is 0 Å². The van der Waals surface area contributed by atoms with Crippen molar-refractivity contribution in [1.82, 2.24) is 4.90 Å². The molecular weight excluding hydrogens is 172 g/mol. The van der Waals surface area contributed by atoms with Gasteiger partial charge in [0.1, 0.15) is 0 Å². The quantitative estimate of drug-likeness (QED) is 0.495. The lowest BCUT2D eigenvalue weighted by Crippen LogP contribution is -1.99. The van der Waals surface area contributed by atoms with E-state index in [-0.39, 0.29) is 0 Å². The molecule has 0 saturated heterocycles. The fourth-order valence-electron chi connectivity index (χ4n) is 0.363. The molecule has 2 nitrogen and oxygen atoms in total. The second kappa shape index (κ2) is 11.7. The van der Waals surface area contributed by atoms with Crippen molar-refractivity contribution < 1.29 is 0 Å². The molecule has 2 heteroatoms. The molecular formula is C12H22N2. The third-order valence-corrected chi connectivity index (χ3v) is 0.953. The predicted molar refractivity (Wildman–Crippen MR) is 66.6 cm³/mol. The van der Waals surface area contributed by atoms with Crippen LogP contribution in [0.4, 0.5) is 0 Å². The summed E-state index contributed by atoms with van der Waals surface area (Å²) in [5.41, 5.74) is 0.813. The van der Waals surface area contributed by atoms with Crippen LogP contribution in [0.15, 0.2) is 42.2 Å². The first kappa shape index (κ1) is 15.2. The maximum absolute atomic E-state index is 3.96. The highest BCUT2D eigenvalue weighted by molar-refractivity contribution is 5.81. The molecule has 0 fully saturated rings. The topological polar surface area (TPSA) is 15.6 Å². The zero-order valence-electron chi connectivity index (χ0n) is 9.83. The molecule has 0 N–H and O–H groups in total. The average Bonchev–Trinajstić information content (AvgIpc) is 2.13. The molecule has 0 aliphatic carbocycles. The van der Waals surface area contributed by atoms with E-state index < -0.39 is 0 Å². The van der Waals surface area contributed by atoms with E-state index >= 15 is 0 Å². The number of allylic oxidation sites excluding steroid dienone is 2. The molecule has 0 aromatic rings. The smallest absolute Gasteiger partial charge is 0.0426 e. The Morgan fingerprint density at radius 2 is 1.86 bits per heavy atom. The van der Waals surface area contributed by atoms with Gasteiger partial charge in [-0.2, -0.15) is 0 Å². The van der Waals surface area contributed by atoms with E-state index in [4.69, 9.17) is 0 Å². The van der Waals surface area contributed by atoms with Crippen LogP contribution >= 0.6 is 0 Å². The minimum atomic E-state index is 0.813. The molecule has 0 aromatic heterocycles. The highest BCUT2D eigenvalue weighted by Gasteiger charge is 1.75. The molecule has 0 aliphatic rings. The minimum absolute atomic E-state index is 0.813. The lowest BCUT2D eigenvalue weighted by Gasteiger charge is -2.00. The molecule has 0 rings (SSSR count). The van der Waals surface area contributed by atoms with Crippen molar-refractivity contribution >= 4 is 6.21 Å². The molecule has 0 aromatic carbocycles. The van der Waals surface area contributed by atoms with E-state index in [1.807, 2.05) is 25.2 Å². The van der Waals surface area contributed by atoms with Gasteiger partial charge in [-0.15, -0.1) is 0 Å².